The van der Waals surface area contributed by atoms with Gasteiger partial charge in [0, 0.05) is 40.3 Å². The van der Waals surface area contributed by atoms with Gasteiger partial charge in [0.25, 0.3) is 11.8 Å². The fourth-order valence-electron chi connectivity index (χ4n) is 6.53. The number of amides is 2. The SMILES string of the molecule is CNC(=O)Cc1c(C)n(C(=O)c2ccc(C(F)(F)F)cc2)c2cc(Cl)c(OC)cc12.COc1cc2c(CC(N)=O)c(C)n(C(=O)c3ccc(C(F)(F)F)cc3)c2cc1Cl. The number of hydrogen-bond acceptors (Lipinski definition) is 6. The van der Waals surface area contributed by atoms with Crippen molar-refractivity contribution in [3.63, 3.8) is 0 Å². The third-order valence-electron chi connectivity index (χ3n) is 9.51. The van der Waals surface area contributed by atoms with Crippen molar-refractivity contribution < 1.29 is 55.0 Å². The number of carbonyl (C=O) groups is 4. The van der Waals surface area contributed by atoms with E-state index in [2.05, 4.69) is 5.32 Å². The maximum absolute atomic E-state index is 13.2. The third kappa shape index (κ3) is 9.03. The van der Waals surface area contributed by atoms with Crippen LogP contribution in [-0.2, 0) is 34.8 Å². The zero-order valence-electron chi connectivity index (χ0n) is 31.8. The van der Waals surface area contributed by atoms with Gasteiger partial charge in [-0.2, -0.15) is 26.3 Å². The van der Waals surface area contributed by atoms with Crippen LogP contribution in [0.25, 0.3) is 21.8 Å². The Morgan fingerprint density at radius 1 is 0.644 bits per heavy atom. The summed E-state index contributed by atoms with van der Waals surface area (Å²) in [7, 11) is 4.38. The highest BCUT2D eigenvalue weighted by Gasteiger charge is 2.32. The molecule has 2 heterocycles. The quantitative estimate of drug-likeness (QED) is 0.147. The monoisotopic (exact) mass is 862 g/mol. The number of halogens is 8. The summed E-state index contributed by atoms with van der Waals surface area (Å²) in [5.41, 5.74) is 6.63. The molecular formula is C41H34Cl2F6N4O6. The number of carbonyl (C=O) groups excluding carboxylic acids is 4. The van der Waals surface area contributed by atoms with Crippen molar-refractivity contribution in [2.75, 3.05) is 21.3 Å². The Hall–Kier alpha value is -6.00. The summed E-state index contributed by atoms with van der Waals surface area (Å²) < 4.78 is 90.0. The number of aromatic nitrogens is 2. The number of likely N-dealkylation sites (N-methyl/N-ethyl adjacent to an activating group) is 1. The smallest absolute Gasteiger partial charge is 0.416 e. The minimum absolute atomic E-state index is 0.0108. The van der Waals surface area contributed by atoms with E-state index in [0.29, 0.717) is 55.8 Å². The van der Waals surface area contributed by atoms with Crippen LogP contribution < -0.4 is 20.5 Å². The van der Waals surface area contributed by atoms with Crippen molar-refractivity contribution in [3.05, 3.63) is 128 Å². The number of fused-ring (bicyclic) bond motifs is 2. The summed E-state index contributed by atoms with van der Waals surface area (Å²) in [4.78, 5) is 49.8. The van der Waals surface area contributed by atoms with Gasteiger partial charge >= 0.3 is 12.4 Å². The molecule has 18 heteroatoms. The molecule has 0 bridgehead atoms. The van der Waals surface area contributed by atoms with E-state index in [1.807, 2.05) is 0 Å². The maximum atomic E-state index is 13.2. The van der Waals surface area contributed by atoms with Gasteiger partial charge in [-0.3, -0.25) is 28.3 Å². The van der Waals surface area contributed by atoms with Crippen molar-refractivity contribution in [2.45, 2.75) is 39.0 Å². The minimum Gasteiger partial charge on any atom is -0.495 e. The van der Waals surface area contributed by atoms with E-state index in [0.717, 1.165) is 48.5 Å². The number of primary amides is 1. The fourth-order valence-corrected chi connectivity index (χ4v) is 7.00. The van der Waals surface area contributed by atoms with Gasteiger partial charge in [-0.25, -0.2) is 0 Å². The number of nitrogens with one attached hydrogen (secondary N) is 1. The Bertz CT molecular complexity index is 2620. The molecule has 2 aromatic heterocycles. The lowest BCUT2D eigenvalue weighted by Gasteiger charge is -2.10. The van der Waals surface area contributed by atoms with Crippen LogP contribution in [0.5, 0.6) is 11.5 Å². The summed E-state index contributed by atoms with van der Waals surface area (Å²) in [5.74, 6) is -1.21. The fraction of sp³-hybridized carbons (Fsp3) is 0.220. The van der Waals surface area contributed by atoms with Gasteiger partial charge < -0.3 is 20.5 Å². The maximum Gasteiger partial charge on any atom is 0.416 e. The number of ether oxygens (including phenoxy) is 2. The molecule has 4 aromatic carbocycles. The van der Waals surface area contributed by atoms with Gasteiger partial charge in [0.15, 0.2) is 0 Å². The topological polar surface area (TPSA) is 135 Å². The molecule has 6 aromatic rings. The molecule has 2 amide bonds. The predicted octanol–water partition coefficient (Wildman–Crippen LogP) is 8.95. The zero-order chi connectivity index (χ0) is 43.7. The van der Waals surface area contributed by atoms with Crippen LogP contribution in [0.2, 0.25) is 10.0 Å². The van der Waals surface area contributed by atoms with Gasteiger partial charge in [-0.05, 0) is 97.8 Å². The Balaban J connectivity index is 0.000000224. The summed E-state index contributed by atoms with van der Waals surface area (Å²) in [6.45, 7) is 3.29. The molecule has 59 heavy (non-hydrogen) atoms. The van der Waals surface area contributed by atoms with Crippen LogP contribution in [0, 0.1) is 13.8 Å². The largest absolute Gasteiger partial charge is 0.495 e. The van der Waals surface area contributed by atoms with Crippen molar-refractivity contribution in [2.24, 2.45) is 5.73 Å². The zero-order valence-corrected chi connectivity index (χ0v) is 33.3. The third-order valence-corrected chi connectivity index (χ3v) is 10.1. The molecular weight excluding hydrogens is 829 g/mol. The van der Waals surface area contributed by atoms with E-state index in [-0.39, 0.29) is 39.9 Å². The van der Waals surface area contributed by atoms with Crippen molar-refractivity contribution in [3.8, 4) is 11.5 Å². The van der Waals surface area contributed by atoms with E-state index >= 15 is 0 Å². The summed E-state index contributed by atoms with van der Waals surface area (Å²) in [5, 5.41) is 4.18. The van der Waals surface area contributed by atoms with Crippen LogP contribution in [0.4, 0.5) is 26.3 Å². The average Bonchev–Trinajstić information content (AvgIpc) is 3.59. The molecule has 10 nitrogen and oxygen atoms in total. The van der Waals surface area contributed by atoms with Gasteiger partial charge in [0.1, 0.15) is 11.5 Å². The summed E-state index contributed by atoms with van der Waals surface area (Å²) >= 11 is 12.4. The van der Waals surface area contributed by atoms with E-state index in [4.69, 9.17) is 38.4 Å². The normalized spacial score (nSPS) is 11.6. The molecule has 310 valence electrons. The van der Waals surface area contributed by atoms with Crippen molar-refractivity contribution in [1.82, 2.24) is 14.5 Å². The second-order valence-corrected chi connectivity index (χ2v) is 13.9. The summed E-state index contributed by atoms with van der Waals surface area (Å²) in [6, 6.07) is 14.1. The predicted molar refractivity (Wildman–Crippen MR) is 209 cm³/mol. The molecule has 0 atom stereocenters. The number of rotatable bonds is 8. The number of alkyl halides is 6. The van der Waals surface area contributed by atoms with Crippen LogP contribution in [0.3, 0.4) is 0 Å². The lowest BCUT2D eigenvalue weighted by Crippen LogP contribution is -2.20. The first-order valence-electron chi connectivity index (χ1n) is 17.3. The Kier molecular flexibility index (Phi) is 12.8. The first-order chi connectivity index (χ1) is 27.6. The number of nitrogens with zero attached hydrogens (tertiary/aromatic N) is 2. The number of nitrogens with two attached hydrogens (primary N) is 1. The average molecular weight is 864 g/mol. The second kappa shape index (κ2) is 17.1. The first-order valence-corrected chi connectivity index (χ1v) is 18.1. The molecule has 0 spiro atoms. The molecule has 0 aliphatic carbocycles. The van der Waals surface area contributed by atoms with Crippen molar-refractivity contribution >= 4 is 68.6 Å². The van der Waals surface area contributed by atoms with Gasteiger partial charge in [-0.15, -0.1) is 0 Å². The molecule has 0 saturated heterocycles. The molecule has 0 fully saturated rings. The van der Waals surface area contributed by atoms with Gasteiger partial charge in [0.2, 0.25) is 11.8 Å². The molecule has 0 aliphatic heterocycles. The number of methoxy groups -OCH3 is 2. The lowest BCUT2D eigenvalue weighted by molar-refractivity contribution is -0.138. The standard InChI is InChI=1S/C21H18ClF3N2O3.C20H16ClF3N2O3/c1-11-14(9-19(28)26-2)15-8-18(30-3)16(22)10-17(15)27(11)20(29)12-4-6-13(7-5-12)21(23,24)25;1-10-13(8-18(25)27)14-7-17(29-2)15(21)9-16(14)26(10)19(28)11-3-5-12(6-4-11)20(22,23)24/h4-8,10H,9H2,1-3H3,(H,26,28);3-7,9H,8H2,1-2H3,(H2,25,27). The minimum atomic E-state index is -4.50. The number of benzene rings is 4. The molecule has 6 rings (SSSR count). The molecule has 3 N–H and O–H groups in total. The van der Waals surface area contributed by atoms with E-state index in [1.165, 1.54) is 42.5 Å². The van der Waals surface area contributed by atoms with Crippen LogP contribution in [-0.4, -0.2) is 54.0 Å². The van der Waals surface area contributed by atoms with Crippen LogP contribution in [0.1, 0.15) is 54.4 Å². The van der Waals surface area contributed by atoms with E-state index in [1.54, 1.807) is 26.0 Å². The van der Waals surface area contributed by atoms with Gasteiger partial charge in [0.05, 0.1) is 59.3 Å². The Morgan fingerprint density at radius 2 is 1.00 bits per heavy atom. The second-order valence-electron chi connectivity index (χ2n) is 13.1. The van der Waals surface area contributed by atoms with Crippen LogP contribution >= 0.6 is 23.2 Å². The van der Waals surface area contributed by atoms with E-state index < -0.39 is 41.2 Å². The van der Waals surface area contributed by atoms with Gasteiger partial charge in [-0.1, -0.05) is 23.2 Å². The van der Waals surface area contributed by atoms with E-state index in [9.17, 15) is 45.5 Å². The highest BCUT2D eigenvalue weighted by Crippen LogP contribution is 2.38. The molecule has 0 radical (unpaired) electrons. The lowest BCUT2D eigenvalue weighted by atomic mass is 10.1. The number of hydrogen-bond donors (Lipinski definition) is 2. The Labute approximate surface area is 342 Å². The molecule has 0 saturated carbocycles. The summed E-state index contributed by atoms with van der Waals surface area (Å²) in [6.07, 6.45) is -9.11. The highest BCUT2D eigenvalue weighted by atomic mass is 35.5. The van der Waals surface area contributed by atoms with Crippen molar-refractivity contribution in [1.29, 1.82) is 0 Å². The van der Waals surface area contributed by atoms with Crippen LogP contribution in [0.15, 0.2) is 72.8 Å². The highest BCUT2D eigenvalue weighted by molar-refractivity contribution is 6.33. The molecule has 0 unspecified atom stereocenters. The molecule has 0 aliphatic rings. The first kappa shape index (κ1) is 44.1. The Morgan fingerprint density at radius 3 is 1.31 bits per heavy atom.